The molecule has 0 spiro atoms. The maximum Gasteiger partial charge on any atom is 0.407 e. The number of benzene rings is 7. The number of nitrogens with two attached hydrogens (primary N) is 3. The van der Waals surface area contributed by atoms with Gasteiger partial charge in [-0.05, 0) is 287 Å². The van der Waals surface area contributed by atoms with Crippen LogP contribution in [0.3, 0.4) is 0 Å². The largest absolute Gasteiger partial charge is 0.506 e. The Hall–Kier alpha value is -10.7. The van der Waals surface area contributed by atoms with E-state index in [-0.39, 0.29) is 42.0 Å². The molecule has 0 bridgehead atoms. The number of hydrogen-bond acceptors (Lipinski definition) is 17. The molecule has 1 amide bonds. The van der Waals surface area contributed by atoms with Crippen LogP contribution in [-0.2, 0) is 32.0 Å². The van der Waals surface area contributed by atoms with Crippen molar-refractivity contribution in [2.45, 2.75) is 170 Å². The quantitative estimate of drug-likeness (QED) is 0.0137. The van der Waals surface area contributed by atoms with Gasteiger partial charge in [-0.15, -0.1) is 0 Å². The highest BCUT2D eigenvalue weighted by molar-refractivity contribution is 7.10. The van der Waals surface area contributed by atoms with Gasteiger partial charge in [0, 0.05) is 52.8 Å². The summed E-state index contributed by atoms with van der Waals surface area (Å²) in [5.74, 6) is 0.257. The molecule has 1 aliphatic rings. The minimum absolute atomic E-state index is 0.0547. The summed E-state index contributed by atoms with van der Waals surface area (Å²) in [6.45, 7) is 38.2. The number of ketones is 1. The fourth-order valence-electron chi connectivity index (χ4n) is 11.6. The van der Waals surface area contributed by atoms with Crippen LogP contribution in [0.25, 0.3) is 32.9 Å². The number of phenolic OH excluding ortho intramolecular Hbond substituents is 4. The summed E-state index contributed by atoms with van der Waals surface area (Å²) in [7, 11) is 3.94. The van der Waals surface area contributed by atoms with E-state index in [0.717, 1.165) is 153 Å². The normalized spacial score (nSPS) is 11.4. The fraction of sp³-hybridized carbons (Fsp3) is 0.325. The van der Waals surface area contributed by atoms with E-state index < -0.39 is 18.1 Å². The van der Waals surface area contributed by atoms with Crippen molar-refractivity contribution >= 4 is 84.5 Å². The predicted octanol–water partition coefficient (Wildman–Crippen LogP) is 16.9. The third kappa shape index (κ3) is 20.8. The number of fused-ring (bicyclic) bond motifs is 5. The van der Waals surface area contributed by atoms with Gasteiger partial charge in [0.15, 0.2) is 6.29 Å². The molecule has 1 unspecified atom stereocenters. The van der Waals surface area contributed by atoms with Gasteiger partial charge in [-0.2, -0.15) is 0 Å². The molecule has 0 aliphatic heterocycles. The number of aliphatic carboxylic acids is 1. The van der Waals surface area contributed by atoms with Crippen LogP contribution in [0.2, 0.25) is 0 Å². The molecule has 1 aliphatic carbocycles. The number of rotatable bonds is 12. The number of hydrogen-bond donors (Lipinski definition) is 9. The lowest BCUT2D eigenvalue weighted by atomic mass is 9.92. The second-order valence-corrected chi connectivity index (χ2v) is 26.1. The maximum absolute atomic E-state index is 12.7. The number of carbonyl (C=O) groups is 5. The molecule has 10 rings (SSSR count). The van der Waals surface area contributed by atoms with Crippen molar-refractivity contribution in [1.29, 1.82) is 0 Å². The second kappa shape index (κ2) is 38.4. The molecule has 0 radical (unpaired) electrons. The van der Waals surface area contributed by atoms with Crippen LogP contribution in [0.4, 0.5) is 21.9 Å². The molecule has 20 heteroatoms. The number of ether oxygens (including phenoxy) is 1. The number of aromatic nitrogens is 2. The average molecular weight is 1420 g/mol. The molecule has 2 heterocycles. The molecule has 103 heavy (non-hydrogen) atoms. The minimum atomic E-state index is -1.24. The second-order valence-electron chi connectivity index (χ2n) is 25.9. The van der Waals surface area contributed by atoms with Gasteiger partial charge in [-0.1, -0.05) is 66.7 Å². The Morgan fingerprint density at radius 3 is 1.55 bits per heavy atom. The highest BCUT2D eigenvalue weighted by atomic mass is 31.0. The Kier molecular flexibility index (Phi) is 31.6. The van der Waals surface area contributed by atoms with E-state index in [1.807, 2.05) is 171 Å². The van der Waals surface area contributed by atoms with Gasteiger partial charge < -0.3 is 62.1 Å². The number of nitrogens with zero attached hydrogens (tertiary/aromatic N) is 3. The van der Waals surface area contributed by atoms with Gasteiger partial charge in [0.2, 0.25) is 0 Å². The van der Waals surface area contributed by atoms with E-state index in [1.165, 1.54) is 31.1 Å². The van der Waals surface area contributed by atoms with Gasteiger partial charge >= 0.3 is 12.1 Å². The van der Waals surface area contributed by atoms with Crippen LogP contribution in [0.15, 0.2) is 96.0 Å². The molecule has 9 aromatic rings. The number of nitrogen functional groups attached to an aromatic ring is 3. The van der Waals surface area contributed by atoms with E-state index in [2.05, 4.69) is 43.6 Å². The monoisotopic (exact) mass is 1420 g/mol. The van der Waals surface area contributed by atoms with Gasteiger partial charge in [-0.25, -0.2) is 19.6 Å². The summed E-state index contributed by atoms with van der Waals surface area (Å²) in [4.78, 5) is 67.3. The summed E-state index contributed by atoms with van der Waals surface area (Å²) in [5, 5.41) is 54.1. The van der Waals surface area contributed by atoms with Gasteiger partial charge in [0.1, 0.15) is 64.5 Å². The number of carbonyl (C=O) groups excluding carboxylic acids is 4. The number of aryl methyl sites for hydroxylation is 4. The van der Waals surface area contributed by atoms with Crippen LogP contribution in [-0.4, -0.2) is 91.3 Å². The number of pyridine rings is 2. The molecule has 7 aromatic carbocycles. The van der Waals surface area contributed by atoms with E-state index in [1.54, 1.807) is 32.2 Å². The number of aromatic hydroxyl groups is 4. The lowest BCUT2D eigenvalue weighted by Crippen LogP contribution is -2.43. The van der Waals surface area contributed by atoms with Crippen LogP contribution in [0, 0.1) is 111 Å². The lowest BCUT2D eigenvalue weighted by molar-refractivity contribution is -0.139. The molecular weight excluding hydrogens is 1320 g/mol. The van der Waals surface area contributed by atoms with E-state index in [4.69, 9.17) is 26.5 Å². The highest BCUT2D eigenvalue weighted by Crippen LogP contribution is 2.45. The first kappa shape index (κ1) is 84.8. The number of Topliss-reactive ketones (excluding diaryl/α,β-unsaturated/α-hetero) is 1. The van der Waals surface area contributed by atoms with Crippen molar-refractivity contribution in [2.75, 3.05) is 30.9 Å². The maximum atomic E-state index is 12.7. The van der Waals surface area contributed by atoms with Crippen molar-refractivity contribution in [3.63, 3.8) is 0 Å². The number of anilines is 3. The Balaban J connectivity index is 0.000000286. The Morgan fingerprint density at radius 2 is 1.08 bits per heavy atom. The number of allylic oxidation sites excluding steroid dienone is 2. The SMILES string of the molecule is C/C=C/C=O.CC(C)=O.CN=C(C)CCc1c(C)c(C)c(C)c(O)c1N.Cc1c(C)c(C=O)c(N)c(OP)c1C.Cc1c(C)c(O)c2nc(C[C@H](NC(=O)OCC3c4ccccc4-c4ccccc43)C(=O)O)ccc2c1C.Cc1cc(N)c(O)c(C)c1C.Cc1ccc2c(C)c(C)c(C)c(O)c2n1. The van der Waals surface area contributed by atoms with Crippen molar-refractivity contribution < 1.29 is 58.8 Å². The zero-order chi connectivity index (χ0) is 77.8. The summed E-state index contributed by atoms with van der Waals surface area (Å²) < 4.78 is 10.6. The molecule has 12 N–H and O–H groups in total. The molecule has 0 saturated carbocycles. The van der Waals surface area contributed by atoms with Crippen LogP contribution >= 0.6 is 9.47 Å². The smallest absolute Gasteiger partial charge is 0.407 e. The zero-order valence-corrected chi connectivity index (χ0v) is 64.7. The average Bonchev–Trinajstić information content (AvgIpc) is 1.70. The minimum Gasteiger partial charge on any atom is -0.506 e. The van der Waals surface area contributed by atoms with E-state index >= 15 is 0 Å². The third-order valence-corrected chi connectivity index (χ3v) is 19.5. The highest BCUT2D eigenvalue weighted by Gasteiger charge is 2.30. The number of aldehydes is 2. The molecule has 548 valence electrons. The van der Waals surface area contributed by atoms with Gasteiger partial charge in [-0.3, -0.25) is 14.6 Å². The number of nitrogens with one attached hydrogen (secondary N) is 1. The van der Waals surface area contributed by atoms with Crippen molar-refractivity contribution in [3.05, 3.63) is 208 Å². The standard InChI is InChI=1S/C30H28N2O5.C14H22N2O.C13H15NO.C10H14NO2P.C9H13NO.C4H6O.C3H6O/c1-16-17(2)20-13-12-19(31-27(20)28(33)18(16)3)14-26(29(34)35)32-30(36)37-15-25-23-10-6-4-8-21(23)22-9-5-7-11-24(22)25;1-8(16-5)6-7-12-10(3)9(2)11(4)14(17)13(12)15;1-7-5-6-11-9(3)8(2)10(4)13(15)12(11)14-7;1-5-6(2)8(4-12)9(11)10(13-14)7(5)3;1-5-4-8(10)9(11)7(3)6(5)2;1-2-3-4-5;1-3(2)4/h4-13,25-26,33H,14-15H2,1-3H3,(H,32,36)(H,34,35);17H,6-7,15H2,1-5H3;5-6,15H,1-4H3;4H,11,14H2,1-3H3;4,11H,10H2,1-3H3;2-4H,1H3;1-2H3/b;;;;;3-2+;/t26-;;;;;;/m0....../s1. The fourth-order valence-corrected chi connectivity index (χ4v) is 11.9. The molecule has 2 atom stereocenters. The number of alkyl carbamates (subject to hydrolysis) is 1. The number of carboxylic acid groups (broad SMARTS) is 1. The molecular formula is C83H104N7O12P. The Morgan fingerprint density at radius 1 is 0.602 bits per heavy atom. The Bertz CT molecular complexity index is 4590. The summed E-state index contributed by atoms with van der Waals surface area (Å²) in [6, 6.07) is 24.1. The van der Waals surface area contributed by atoms with E-state index in [9.17, 15) is 49.5 Å². The van der Waals surface area contributed by atoms with Crippen molar-refractivity contribution in [2.24, 2.45) is 4.99 Å². The number of aliphatic imine (C=N–C) groups is 1. The third-order valence-electron chi connectivity index (χ3n) is 19.2. The summed E-state index contributed by atoms with van der Waals surface area (Å²) in [6.07, 6.45) is 5.50. The van der Waals surface area contributed by atoms with Gasteiger partial charge in [0.25, 0.3) is 0 Å². The van der Waals surface area contributed by atoms with Crippen molar-refractivity contribution in [1.82, 2.24) is 15.3 Å². The van der Waals surface area contributed by atoms with Crippen LogP contribution < -0.4 is 27.0 Å². The molecule has 2 aromatic heterocycles. The number of amides is 1. The first-order valence-corrected chi connectivity index (χ1v) is 34.2. The molecule has 19 nitrogen and oxygen atoms in total. The first-order chi connectivity index (χ1) is 48.4. The predicted molar refractivity (Wildman–Crippen MR) is 422 cm³/mol. The van der Waals surface area contributed by atoms with Crippen molar-refractivity contribution in [3.8, 4) is 39.9 Å². The van der Waals surface area contributed by atoms with Gasteiger partial charge in [0.05, 0.1) is 26.5 Å². The molecule has 0 saturated heterocycles. The number of carboxylic acids is 1. The first-order valence-electron chi connectivity index (χ1n) is 33.7. The van der Waals surface area contributed by atoms with Crippen LogP contribution in [0.5, 0.6) is 28.7 Å². The Labute approximate surface area is 609 Å². The summed E-state index contributed by atoms with van der Waals surface area (Å²) >= 11 is 0. The lowest BCUT2D eigenvalue weighted by Gasteiger charge is -2.18. The number of phenols is 4. The topological polar surface area (TPSA) is 333 Å². The van der Waals surface area contributed by atoms with Crippen LogP contribution in [0.1, 0.15) is 162 Å². The summed E-state index contributed by atoms with van der Waals surface area (Å²) in [5.41, 5.74) is 43.5. The molecule has 0 fully saturated rings. The zero-order valence-electron chi connectivity index (χ0n) is 63.5. The van der Waals surface area contributed by atoms with E-state index in [0.29, 0.717) is 45.3 Å².